The van der Waals surface area contributed by atoms with Gasteiger partial charge in [-0.25, -0.2) is 0 Å². The molecule has 3 nitrogen and oxygen atoms in total. The molecule has 1 unspecified atom stereocenters. The van der Waals surface area contributed by atoms with E-state index in [1.807, 2.05) is 0 Å². The summed E-state index contributed by atoms with van der Waals surface area (Å²) in [4.78, 5) is 6.82. The Labute approximate surface area is 97.9 Å². The Balaban J connectivity index is 2.25. The van der Waals surface area contributed by atoms with Gasteiger partial charge in [0.15, 0.2) is 0 Å². The molecule has 1 aliphatic heterocycles. The van der Waals surface area contributed by atoms with E-state index in [0.717, 1.165) is 18.8 Å². The molecule has 0 amide bonds. The van der Waals surface area contributed by atoms with E-state index in [0.29, 0.717) is 5.92 Å². The van der Waals surface area contributed by atoms with Gasteiger partial charge >= 0.3 is 0 Å². The standard InChI is InChI=1S/C13H21N3/c1-10-7-12(16(2)3)8-13(15-10)11-5-4-6-14-9-11/h7-8,11,14H,4-6,9H2,1-3H3. The van der Waals surface area contributed by atoms with Crippen LogP contribution in [0.2, 0.25) is 0 Å². The van der Waals surface area contributed by atoms with Crippen LogP contribution in [-0.4, -0.2) is 32.2 Å². The summed E-state index contributed by atoms with van der Waals surface area (Å²) < 4.78 is 0. The summed E-state index contributed by atoms with van der Waals surface area (Å²) in [5.74, 6) is 0.590. The number of nitrogens with zero attached hydrogens (tertiary/aromatic N) is 2. The lowest BCUT2D eigenvalue weighted by Gasteiger charge is -2.24. The van der Waals surface area contributed by atoms with Crippen molar-refractivity contribution in [1.29, 1.82) is 0 Å². The van der Waals surface area contributed by atoms with E-state index in [-0.39, 0.29) is 0 Å². The molecule has 88 valence electrons. The normalized spacial score (nSPS) is 20.8. The topological polar surface area (TPSA) is 28.2 Å². The molecular weight excluding hydrogens is 198 g/mol. The van der Waals surface area contributed by atoms with Gasteiger partial charge in [-0.2, -0.15) is 0 Å². The van der Waals surface area contributed by atoms with Crippen LogP contribution in [0.4, 0.5) is 5.69 Å². The molecule has 16 heavy (non-hydrogen) atoms. The van der Waals surface area contributed by atoms with Crippen LogP contribution in [-0.2, 0) is 0 Å². The third-order valence-electron chi connectivity index (χ3n) is 3.19. The largest absolute Gasteiger partial charge is 0.378 e. The van der Waals surface area contributed by atoms with Crippen molar-refractivity contribution in [3.63, 3.8) is 0 Å². The summed E-state index contributed by atoms with van der Waals surface area (Å²) in [7, 11) is 4.16. The van der Waals surface area contributed by atoms with E-state index < -0.39 is 0 Å². The molecule has 1 fully saturated rings. The van der Waals surface area contributed by atoms with Gasteiger partial charge in [0.05, 0.1) is 0 Å². The maximum Gasteiger partial charge on any atom is 0.0471 e. The van der Waals surface area contributed by atoms with Gasteiger partial charge in [0.2, 0.25) is 0 Å². The van der Waals surface area contributed by atoms with Crippen molar-refractivity contribution in [3.8, 4) is 0 Å². The van der Waals surface area contributed by atoms with Crippen LogP contribution in [0.25, 0.3) is 0 Å². The molecule has 0 spiro atoms. The highest BCUT2D eigenvalue weighted by Crippen LogP contribution is 2.25. The minimum atomic E-state index is 0.590. The van der Waals surface area contributed by atoms with Crippen molar-refractivity contribution in [3.05, 3.63) is 23.5 Å². The van der Waals surface area contributed by atoms with E-state index in [1.165, 1.54) is 24.2 Å². The highest BCUT2D eigenvalue weighted by Gasteiger charge is 2.17. The lowest BCUT2D eigenvalue weighted by atomic mass is 9.95. The number of aromatic nitrogens is 1. The number of anilines is 1. The molecule has 1 aromatic rings. The third kappa shape index (κ3) is 2.53. The van der Waals surface area contributed by atoms with Crippen LogP contribution in [0.3, 0.4) is 0 Å². The van der Waals surface area contributed by atoms with Gasteiger partial charge in [0, 0.05) is 43.6 Å². The summed E-state index contributed by atoms with van der Waals surface area (Å²) in [5, 5.41) is 3.45. The Bertz CT molecular complexity index is 354. The van der Waals surface area contributed by atoms with Crippen LogP contribution in [0.1, 0.15) is 30.1 Å². The highest BCUT2D eigenvalue weighted by atomic mass is 15.1. The molecule has 0 bridgehead atoms. The van der Waals surface area contributed by atoms with E-state index in [4.69, 9.17) is 0 Å². The van der Waals surface area contributed by atoms with E-state index in [1.54, 1.807) is 0 Å². The fourth-order valence-corrected chi connectivity index (χ4v) is 2.25. The maximum atomic E-state index is 4.67. The molecular formula is C13H21N3. The first-order valence-electron chi connectivity index (χ1n) is 6.03. The molecule has 1 saturated heterocycles. The Kier molecular flexibility index (Phi) is 3.44. The molecule has 1 N–H and O–H groups in total. The zero-order valence-corrected chi connectivity index (χ0v) is 10.5. The molecule has 0 aliphatic carbocycles. The predicted octanol–water partition coefficient (Wildman–Crippen LogP) is 1.92. The van der Waals surface area contributed by atoms with E-state index in [9.17, 15) is 0 Å². The van der Waals surface area contributed by atoms with Gasteiger partial charge in [-0.15, -0.1) is 0 Å². The quantitative estimate of drug-likeness (QED) is 0.823. The summed E-state index contributed by atoms with van der Waals surface area (Å²) in [6.07, 6.45) is 2.52. The van der Waals surface area contributed by atoms with Crippen molar-refractivity contribution in [2.75, 3.05) is 32.1 Å². The monoisotopic (exact) mass is 219 g/mol. The van der Waals surface area contributed by atoms with Crippen LogP contribution in [0.15, 0.2) is 12.1 Å². The van der Waals surface area contributed by atoms with E-state index in [2.05, 4.69) is 48.4 Å². The molecule has 1 aromatic heterocycles. The van der Waals surface area contributed by atoms with E-state index >= 15 is 0 Å². The van der Waals surface area contributed by atoms with Gasteiger partial charge in [-0.1, -0.05) is 0 Å². The Morgan fingerprint density at radius 3 is 2.81 bits per heavy atom. The minimum absolute atomic E-state index is 0.590. The SMILES string of the molecule is Cc1cc(N(C)C)cc(C2CCCNC2)n1. The second kappa shape index (κ2) is 4.83. The first-order valence-corrected chi connectivity index (χ1v) is 6.03. The van der Waals surface area contributed by atoms with Crippen molar-refractivity contribution >= 4 is 5.69 Å². The number of hydrogen-bond acceptors (Lipinski definition) is 3. The Morgan fingerprint density at radius 2 is 2.19 bits per heavy atom. The zero-order chi connectivity index (χ0) is 11.5. The van der Waals surface area contributed by atoms with Gasteiger partial charge < -0.3 is 10.2 Å². The summed E-state index contributed by atoms with van der Waals surface area (Å²) in [5.41, 5.74) is 3.62. The molecule has 0 aromatic carbocycles. The highest BCUT2D eigenvalue weighted by molar-refractivity contribution is 5.47. The van der Waals surface area contributed by atoms with Gasteiger partial charge in [-0.05, 0) is 38.4 Å². The Hall–Kier alpha value is -1.09. The predicted molar refractivity (Wildman–Crippen MR) is 68.1 cm³/mol. The minimum Gasteiger partial charge on any atom is -0.378 e. The number of pyridine rings is 1. The first-order chi connectivity index (χ1) is 7.66. The van der Waals surface area contributed by atoms with Gasteiger partial charge in [-0.3, -0.25) is 4.98 Å². The van der Waals surface area contributed by atoms with Gasteiger partial charge in [0.1, 0.15) is 0 Å². The summed E-state index contributed by atoms with van der Waals surface area (Å²) >= 11 is 0. The van der Waals surface area contributed by atoms with Gasteiger partial charge in [0.25, 0.3) is 0 Å². The van der Waals surface area contributed by atoms with Crippen LogP contribution in [0.5, 0.6) is 0 Å². The molecule has 2 heterocycles. The van der Waals surface area contributed by atoms with Crippen molar-refractivity contribution in [2.45, 2.75) is 25.7 Å². The van der Waals surface area contributed by atoms with Crippen LogP contribution in [0, 0.1) is 6.92 Å². The van der Waals surface area contributed by atoms with Crippen LogP contribution >= 0.6 is 0 Å². The molecule has 2 rings (SSSR count). The van der Waals surface area contributed by atoms with Crippen molar-refractivity contribution in [1.82, 2.24) is 10.3 Å². The number of piperidine rings is 1. The second-order valence-corrected chi connectivity index (χ2v) is 4.83. The van der Waals surface area contributed by atoms with Crippen molar-refractivity contribution < 1.29 is 0 Å². The molecule has 0 saturated carbocycles. The fraction of sp³-hybridized carbons (Fsp3) is 0.615. The number of rotatable bonds is 2. The van der Waals surface area contributed by atoms with Crippen molar-refractivity contribution in [2.24, 2.45) is 0 Å². The number of nitrogens with one attached hydrogen (secondary N) is 1. The van der Waals surface area contributed by atoms with Crippen LogP contribution < -0.4 is 10.2 Å². The third-order valence-corrected chi connectivity index (χ3v) is 3.19. The number of hydrogen-bond donors (Lipinski definition) is 1. The summed E-state index contributed by atoms with van der Waals surface area (Å²) in [6, 6.07) is 4.37. The molecule has 1 aliphatic rings. The smallest absolute Gasteiger partial charge is 0.0471 e. The molecule has 3 heteroatoms. The average molecular weight is 219 g/mol. The fourth-order valence-electron chi connectivity index (χ4n) is 2.25. The lowest BCUT2D eigenvalue weighted by Crippen LogP contribution is -2.29. The number of aryl methyl sites for hydroxylation is 1. The second-order valence-electron chi connectivity index (χ2n) is 4.83. The maximum absolute atomic E-state index is 4.67. The average Bonchev–Trinajstić information content (AvgIpc) is 2.29. The molecule has 0 radical (unpaired) electrons. The first kappa shape index (κ1) is 11.4. The molecule has 1 atom stereocenters. The summed E-state index contributed by atoms with van der Waals surface area (Å²) in [6.45, 7) is 4.30. The Morgan fingerprint density at radius 1 is 1.38 bits per heavy atom. The lowest BCUT2D eigenvalue weighted by molar-refractivity contribution is 0.454. The zero-order valence-electron chi connectivity index (χ0n) is 10.5.